The van der Waals surface area contributed by atoms with E-state index in [9.17, 15) is 9.59 Å². The van der Waals surface area contributed by atoms with Crippen molar-refractivity contribution in [2.24, 2.45) is 0 Å². The van der Waals surface area contributed by atoms with E-state index in [1.807, 2.05) is 29.2 Å². The van der Waals surface area contributed by atoms with E-state index in [1.165, 1.54) is 6.92 Å². The summed E-state index contributed by atoms with van der Waals surface area (Å²) in [7, 11) is 0. The van der Waals surface area contributed by atoms with Gasteiger partial charge in [-0.25, -0.2) is 4.98 Å². The number of benzene rings is 2. The third-order valence-electron chi connectivity index (χ3n) is 4.93. The predicted octanol–water partition coefficient (Wildman–Crippen LogP) is 3.54. The minimum absolute atomic E-state index is 0.0111. The van der Waals surface area contributed by atoms with Crippen molar-refractivity contribution < 1.29 is 9.59 Å². The van der Waals surface area contributed by atoms with Crippen LogP contribution in [0.2, 0.25) is 0 Å². The van der Waals surface area contributed by atoms with Gasteiger partial charge in [-0.15, -0.1) is 0 Å². The van der Waals surface area contributed by atoms with E-state index >= 15 is 0 Å². The van der Waals surface area contributed by atoms with Crippen LogP contribution in [0.4, 0.5) is 5.69 Å². The zero-order valence-corrected chi connectivity index (χ0v) is 15.2. The molecule has 2 aromatic carbocycles. The highest BCUT2D eigenvalue weighted by Crippen LogP contribution is 2.28. The van der Waals surface area contributed by atoms with Gasteiger partial charge in [0.1, 0.15) is 5.82 Å². The van der Waals surface area contributed by atoms with E-state index in [-0.39, 0.29) is 17.7 Å². The topological polar surface area (TPSA) is 78.1 Å². The number of anilines is 1. The number of hydrogen-bond donors (Lipinski definition) is 2. The van der Waals surface area contributed by atoms with Crippen molar-refractivity contribution in [2.75, 3.05) is 18.4 Å². The second kappa shape index (κ2) is 7.23. The number of aromatic nitrogens is 2. The maximum absolute atomic E-state index is 13.0. The van der Waals surface area contributed by atoms with Crippen LogP contribution >= 0.6 is 0 Å². The zero-order valence-electron chi connectivity index (χ0n) is 15.2. The quantitative estimate of drug-likeness (QED) is 0.748. The lowest BCUT2D eigenvalue weighted by molar-refractivity contribution is -0.114. The molecule has 2 amide bonds. The average Bonchev–Trinajstić information content (AvgIpc) is 3.11. The van der Waals surface area contributed by atoms with Crippen LogP contribution in [0.1, 0.15) is 41.9 Å². The maximum Gasteiger partial charge on any atom is 0.253 e. The van der Waals surface area contributed by atoms with Crippen molar-refractivity contribution in [3.8, 4) is 0 Å². The first-order valence-electron chi connectivity index (χ1n) is 9.22. The Kier molecular flexibility index (Phi) is 4.62. The Hall–Kier alpha value is -3.15. The summed E-state index contributed by atoms with van der Waals surface area (Å²) in [5, 5.41) is 2.73. The third kappa shape index (κ3) is 3.69. The van der Waals surface area contributed by atoms with Crippen molar-refractivity contribution in [3.05, 3.63) is 59.9 Å². The molecule has 0 aliphatic carbocycles. The number of piperidine rings is 1. The lowest BCUT2D eigenvalue weighted by Gasteiger charge is -2.32. The molecule has 27 heavy (non-hydrogen) atoms. The number of amides is 2. The highest BCUT2D eigenvalue weighted by Gasteiger charge is 2.27. The average molecular weight is 362 g/mol. The summed E-state index contributed by atoms with van der Waals surface area (Å²) in [5.41, 5.74) is 3.21. The van der Waals surface area contributed by atoms with E-state index in [0.29, 0.717) is 17.8 Å². The number of nitrogens with one attached hydrogen (secondary N) is 2. The summed E-state index contributed by atoms with van der Waals surface area (Å²) in [4.78, 5) is 34.2. The van der Waals surface area contributed by atoms with Gasteiger partial charge in [-0.3, -0.25) is 9.59 Å². The molecule has 4 rings (SSSR count). The molecule has 0 radical (unpaired) electrons. The molecule has 0 bridgehead atoms. The third-order valence-corrected chi connectivity index (χ3v) is 4.93. The molecule has 1 aliphatic rings. The number of imidazole rings is 1. The van der Waals surface area contributed by atoms with Gasteiger partial charge in [0.05, 0.1) is 11.0 Å². The number of likely N-dealkylation sites (tertiary alicyclic amines) is 1. The van der Waals surface area contributed by atoms with Crippen LogP contribution in [0.5, 0.6) is 0 Å². The van der Waals surface area contributed by atoms with E-state index in [4.69, 9.17) is 4.98 Å². The van der Waals surface area contributed by atoms with Gasteiger partial charge in [0, 0.05) is 37.2 Å². The molecule has 0 spiro atoms. The van der Waals surface area contributed by atoms with Crippen LogP contribution in [0.25, 0.3) is 11.0 Å². The number of carbonyl (C=O) groups is 2. The fourth-order valence-corrected chi connectivity index (χ4v) is 3.67. The second-order valence-corrected chi connectivity index (χ2v) is 6.99. The van der Waals surface area contributed by atoms with Gasteiger partial charge in [0.2, 0.25) is 5.91 Å². The molecule has 1 aromatic heterocycles. The van der Waals surface area contributed by atoms with Gasteiger partial charge < -0.3 is 15.2 Å². The lowest BCUT2D eigenvalue weighted by atomic mass is 9.96. The van der Waals surface area contributed by atoms with E-state index in [0.717, 1.165) is 36.2 Å². The van der Waals surface area contributed by atoms with Gasteiger partial charge >= 0.3 is 0 Å². The second-order valence-electron chi connectivity index (χ2n) is 6.99. The Morgan fingerprint density at radius 1 is 1.19 bits per heavy atom. The largest absolute Gasteiger partial charge is 0.342 e. The lowest BCUT2D eigenvalue weighted by Crippen LogP contribution is -2.39. The molecular weight excluding hydrogens is 340 g/mol. The van der Waals surface area contributed by atoms with Crippen LogP contribution in [-0.2, 0) is 4.79 Å². The molecule has 2 heterocycles. The minimum Gasteiger partial charge on any atom is -0.342 e. The Morgan fingerprint density at radius 3 is 2.85 bits per heavy atom. The van der Waals surface area contributed by atoms with Crippen molar-refractivity contribution in [2.45, 2.75) is 25.7 Å². The number of H-pyrrole nitrogens is 1. The summed E-state index contributed by atoms with van der Waals surface area (Å²) in [6.07, 6.45) is 1.95. The predicted molar refractivity (Wildman–Crippen MR) is 105 cm³/mol. The standard InChI is InChI=1S/C21H22N4O2/c1-14(26)22-17-8-4-6-15(12-17)21(27)25-11-5-7-16(13-25)20-23-18-9-2-3-10-19(18)24-20/h2-4,6,8-10,12,16H,5,7,11,13H2,1H3,(H,22,26)(H,23,24)/t16-/m1/s1. The number of carbonyl (C=O) groups excluding carboxylic acids is 2. The summed E-state index contributed by atoms with van der Waals surface area (Å²) >= 11 is 0. The summed E-state index contributed by atoms with van der Waals surface area (Å²) in [6.45, 7) is 2.83. The Bertz CT molecular complexity index is 962. The Balaban J connectivity index is 1.52. The number of nitrogens with zero attached hydrogens (tertiary/aromatic N) is 2. The normalized spacial score (nSPS) is 17.1. The molecule has 0 unspecified atom stereocenters. The maximum atomic E-state index is 13.0. The highest BCUT2D eigenvalue weighted by molar-refractivity contribution is 5.97. The molecular formula is C21H22N4O2. The van der Waals surface area contributed by atoms with Crippen molar-refractivity contribution in [1.29, 1.82) is 0 Å². The molecule has 6 heteroatoms. The van der Waals surface area contributed by atoms with Crippen LogP contribution in [0.15, 0.2) is 48.5 Å². The number of rotatable bonds is 3. The number of fused-ring (bicyclic) bond motifs is 1. The summed E-state index contributed by atoms with van der Waals surface area (Å²) in [5.74, 6) is 0.986. The monoisotopic (exact) mass is 362 g/mol. The van der Waals surface area contributed by atoms with Crippen LogP contribution < -0.4 is 5.32 Å². The molecule has 3 aromatic rings. The van der Waals surface area contributed by atoms with Gasteiger partial charge in [-0.05, 0) is 43.2 Å². The van der Waals surface area contributed by atoms with Crippen LogP contribution in [0.3, 0.4) is 0 Å². The van der Waals surface area contributed by atoms with Gasteiger partial charge in [0.15, 0.2) is 0 Å². The van der Waals surface area contributed by atoms with Gasteiger partial charge in [-0.1, -0.05) is 18.2 Å². The van der Waals surface area contributed by atoms with Crippen LogP contribution in [0, 0.1) is 0 Å². The highest BCUT2D eigenvalue weighted by atomic mass is 16.2. The van der Waals surface area contributed by atoms with E-state index in [2.05, 4.69) is 10.3 Å². The molecule has 6 nitrogen and oxygen atoms in total. The van der Waals surface area contributed by atoms with E-state index < -0.39 is 0 Å². The van der Waals surface area contributed by atoms with Gasteiger partial charge in [-0.2, -0.15) is 0 Å². The van der Waals surface area contributed by atoms with E-state index in [1.54, 1.807) is 24.3 Å². The minimum atomic E-state index is -0.150. The van der Waals surface area contributed by atoms with Crippen molar-refractivity contribution in [3.63, 3.8) is 0 Å². The Morgan fingerprint density at radius 2 is 2.04 bits per heavy atom. The van der Waals surface area contributed by atoms with Crippen molar-refractivity contribution in [1.82, 2.24) is 14.9 Å². The number of para-hydroxylation sites is 2. The van der Waals surface area contributed by atoms with Crippen LogP contribution in [-0.4, -0.2) is 39.8 Å². The first-order chi connectivity index (χ1) is 13.1. The first-order valence-corrected chi connectivity index (χ1v) is 9.22. The molecule has 1 saturated heterocycles. The molecule has 1 aliphatic heterocycles. The number of aromatic amines is 1. The fourth-order valence-electron chi connectivity index (χ4n) is 3.67. The molecule has 0 saturated carbocycles. The van der Waals surface area contributed by atoms with Gasteiger partial charge in [0.25, 0.3) is 5.91 Å². The molecule has 1 atom stereocenters. The molecule has 1 fully saturated rings. The van der Waals surface area contributed by atoms with Crippen molar-refractivity contribution >= 4 is 28.5 Å². The Labute approximate surface area is 157 Å². The smallest absolute Gasteiger partial charge is 0.253 e. The fraction of sp³-hybridized carbons (Fsp3) is 0.286. The SMILES string of the molecule is CC(=O)Nc1cccc(C(=O)N2CCC[C@@H](c3nc4ccccc4[nH]3)C2)c1. The number of hydrogen-bond acceptors (Lipinski definition) is 3. The first kappa shape index (κ1) is 17.3. The summed E-state index contributed by atoms with van der Waals surface area (Å²) in [6, 6.07) is 15.1. The zero-order chi connectivity index (χ0) is 18.8. The molecule has 138 valence electrons. The summed E-state index contributed by atoms with van der Waals surface area (Å²) < 4.78 is 0. The molecule has 2 N–H and O–H groups in total.